The molecular weight excluding hydrogens is 389 g/mol. The van der Waals surface area contributed by atoms with Crippen molar-refractivity contribution >= 4 is 38.6 Å². The lowest BCUT2D eigenvalue weighted by Crippen LogP contribution is -2.39. The van der Waals surface area contributed by atoms with Crippen LogP contribution in [0.2, 0.25) is 0 Å². The van der Waals surface area contributed by atoms with E-state index in [0.29, 0.717) is 23.0 Å². The number of carbonyl (C=O) groups is 2. The minimum atomic E-state index is -4.00. The summed E-state index contributed by atoms with van der Waals surface area (Å²) in [4.78, 5) is 27.1. The van der Waals surface area contributed by atoms with Crippen molar-refractivity contribution in [3.05, 3.63) is 54.2 Å². The first-order chi connectivity index (χ1) is 13.3. The first-order valence-corrected chi connectivity index (χ1v) is 9.81. The normalized spacial score (nSPS) is 17.5. The number of halogens is 1. The Morgan fingerprint density at radius 1 is 1.21 bits per heavy atom. The van der Waals surface area contributed by atoms with Crippen molar-refractivity contribution in [3.8, 4) is 0 Å². The molecule has 8 nitrogen and oxygen atoms in total. The molecule has 2 amide bonds. The van der Waals surface area contributed by atoms with Gasteiger partial charge in [-0.15, -0.1) is 0 Å². The van der Waals surface area contributed by atoms with E-state index in [9.17, 15) is 22.4 Å². The van der Waals surface area contributed by atoms with Crippen molar-refractivity contribution in [1.82, 2.24) is 10.3 Å². The van der Waals surface area contributed by atoms with Crippen molar-refractivity contribution in [2.45, 2.75) is 23.7 Å². The van der Waals surface area contributed by atoms with Crippen LogP contribution in [0.5, 0.6) is 0 Å². The SMILES string of the molecule is O=C1CCC(c2coc3ccc(S(=O)(=O)Nc4ccc(F)cn4)cc23)C(=O)N1. The smallest absolute Gasteiger partial charge is 0.263 e. The molecule has 1 atom stereocenters. The second kappa shape index (κ2) is 6.71. The number of hydrogen-bond acceptors (Lipinski definition) is 6. The zero-order chi connectivity index (χ0) is 19.9. The molecule has 0 saturated carbocycles. The van der Waals surface area contributed by atoms with Crippen molar-refractivity contribution in [2.75, 3.05) is 4.72 Å². The first-order valence-electron chi connectivity index (χ1n) is 8.33. The molecule has 1 aromatic carbocycles. The van der Waals surface area contributed by atoms with E-state index in [1.807, 2.05) is 0 Å². The highest BCUT2D eigenvalue weighted by Gasteiger charge is 2.31. The summed E-state index contributed by atoms with van der Waals surface area (Å²) in [7, 11) is -4.00. The van der Waals surface area contributed by atoms with Gasteiger partial charge in [-0.05, 0) is 36.8 Å². The zero-order valence-corrected chi connectivity index (χ0v) is 15.1. The molecule has 0 bridgehead atoms. The van der Waals surface area contributed by atoms with Crippen LogP contribution in [0.4, 0.5) is 10.2 Å². The van der Waals surface area contributed by atoms with E-state index in [1.165, 1.54) is 30.5 Å². The number of nitrogens with one attached hydrogen (secondary N) is 2. The van der Waals surface area contributed by atoms with E-state index in [4.69, 9.17) is 4.42 Å². The van der Waals surface area contributed by atoms with E-state index in [0.717, 1.165) is 12.3 Å². The van der Waals surface area contributed by atoms with E-state index >= 15 is 0 Å². The number of imide groups is 1. The van der Waals surface area contributed by atoms with Gasteiger partial charge in [0, 0.05) is 17.4 Å². The Bertz CT molecular complexity index is 1190. The highest BCUT2D eigenvalue weighted by Crippen LogP contribution is 2.34. The van der Waals surface area contributed by atoms with Gasteiger partial charge in [-0.1, -0.05) is 0 Å². The minimum Gasteiger partial charge on any atom is -0.464 e. The third kappa shape index (κ3) is 3.33. The molecule has 2 N–H and O–H groups in total. The molecule has 28 heavy (non-hydrogen) atoms. The average Bonchev–Trinajstić information content (AvgIpc) is 3.06. The average molecular weight is 403 g/mol. The van der Waals surface area contributed by atoms with Crippen LogP contribution in [0.3, 0.4) is 0 Å². The van der Waals surface area contributed by atoms with Gasteiger partial charge in [-0.3, -0.25) is 19.6 Å². The van der Waals surface area contributed by atoms with Gasteiger partial charge in [-0.25, -0.2) is 17.8 Å². The summed E-state index contributed by atoms with van der Waals surface area (Å²) in [6.45, 7) is 0. The zero-order valence-electron chi connectivity index (χ0n) is 14.3. The number of anilines is 1. The third-order valence-corrected chi connectivity index (χ3v) is 5.82. The van der Waals surface area contributed by atoms with Crippen LogP contribution in [0.25, 0.3) is 11.0 Å². The number of rotatable bonds is 4. The third-order valence-electron chi connectivity index (χ3n) is 4.47. The van der Waals surface area contributed by atoms with Crippen molar-refractivity contribution in [3.63, 3.8) is 0 Å². The van der Waals surface area contributed by atoms with Gasteiger partial charge in [-0.2, -0.15) is 0 Å². The van der Waals surface area contributed by atoms with Crippen LogP contribution < -0.4 is 10.0 Å². The number of nitrogens with zero attached hydrogens (tertiary/aromatic N) is 1. The van der Waals surface area contributed by atoms with Crippen LogP contribution in [-0.2, 0) is 19.6 Å². The number of furan rings is 1. The maximum atomic E-state index is 13.0. The molecule has 0 radical (unpaired) electrons. The molecule has 2 aromatic heterocycles. The van der Waals surface area contributed by atoms with E-state index in [1.54, 1.807) is 0 Å². The van der Waals surface area contributed by atoms with Crippen LogP contribution in [0, 0.1) is 5.82 Å². The highest BCUT2D eigenvalue weighted by atomic mass is 32.2. The summed E-state index contributed by atoms with van der Waals surface area (Å²) in [5, 5.41) is 2.74. The molecule has 0 spiro atoms. The van der Waals surface area contributed by atoms with Gasteiger partial charge in [0.15, 0.2) is 0 Å². The largest absolute Gasteiger partial charge is 0.464 e. The molecule has 1 aliphatic heterocycles. The lowest BCUT2D eigenvalue weighted by Gasteiger charge is -2.19. The van der Waals surface area contributed by atoms with E-state index < -0.39 is 27.7 Å². The number of sulfonamides is 1. The summed E-state index contributed by atoms with van der Waals surface area (Å²) in [5.74, 6) is -2.01. The summed E-state index contributed by atoms with van der Waals surface area (Å²) in [5.41, 5.74) is 0.926. The standard InChI is InChI=1S/C18H14FN3O5S/c19-10-1-5-16(20-8-10)22-28(25,26)11-2-4-15-13(7-11)14(9-27-15)12-3-6-17(23)21-18(12)24/h1-2,4-5,7-9,12H,3,6H2,(H,20,22)(H,21,23,24). The molecule has 1 fully saturated rings. The molecule has 4 rings (SSSR count). The fourth-order valence-corrected chi connectivity index (χ4v) is 4.12. The Hall–Kier alpha value is -3.27. The molecule has 10 heteroatoms. The Balaban J connectivity index is 1.70. The summed E-state index contributed by atoms with van der Waals surface area (Å²) >= 11 is 0. The van der Waals surface area contributed by atoms with Crippen LogP contribution in [-0.4, -0.2) is 25.2 Å². The second-order valence-electron chi connectivity index (χ2n) is 6.32. The van der Waals surface area contributed by atoms with Crippen molar-refractivity contribution in [1.29, 1.82) is 0 Å². The molecule has 144 valence electrons. The molecule has 3 heterocycles. The van der Waals surface area contributed by atoms with Crippen molar-refractivity contribution in [2.24, 2.45) is 0 Å². The molecule has 3 aromatic rings. The number of amides is 2. The number of aromatic nitrogens is 1. The van der Waals surface area contributed by atoms with Gasteiger partial charge in [0.05, 0.1) is 23.3 Å². The number of carbonyl (C=O) groups excluding carboxylic acids is 2. The summed E-state index contributed by atoms with van der Waals surface area (Å²) in [6, 6.07) is 6.52. The fraction of sp³-hybridized carbons (Fsp3) is 0.167. The Morgan fingerprint density at radius 3 is 2.75 bits per heavy atom. The maximum absolute atomic E-state index is 13.0. The topological polar surface area (TPSA) is 118 Å². The summed E-state index contributed by atoms with van der Waals surface area (Å²) < 4.78 is 46.0. The Morgan fingerprint density at radius 2 is 2.04 bits per heavy atom. The molecule has 1 saturated heterocycles. The number of pyridine rings is 1. The molecular formula is C18H14FN3O5S. The predicted molar refractivity (Wildman–Crippen MR) is 96.3 cm³/mol. The lowest BCUT2D eigenvalue weighted by atomic mass is 9.90. The first kappa shape index (κ1) is 18.1. The van der Waals surface area contributed by atoms with Crippen molar-refractivity contribution < 1.29 is 26.8 Å². The Labute approximate surface area is 158 Å². The predicted octanol–water partition coefficient (Wildman–Crippen LogP) is 2.29. The lowest BCUT2D eigenvalue weighted by molar-refractivity contribution is -0.134. The summed E-state index contributed by atoms with van der Waals surface area (Å²) in [6.07, 6.45) is 2.81. The van der Waals surface area contributed by atoms with E-state index in [-0.39, 0.29) is 23.0 Å². The fourth-order valence-electron chi connectivity index (χ4n) is 3.09. The minimum absolute atomic E-state index is 0.0286. The number of benzene rings is 1. The molecule has 0 aliphatic carbocycles. The number of piperidine rings is 1. The van der Waals surface area contributed by atoms with Gasteiger partial charge in [0.1, 0.15) is 17.2 Å². The molecule has 1 aliphatic rings. The number of hydrogen-bond donors (Lipinski definition) is 2. The molecule has 1 unspecified atom stereocenters. The maximum Gasteiger partial charge on any atom is 0.263 e. The number of fused-ring (bicyclic) bond motifs is 1. The monoisotopic (exact) mass is 403 g/mol. The van der Waals surface area contributed by atoms with Crippen LogP contribution in [0.1, 0.15) is 24.3 Å². The van der Waals surface area contributed by atoms with Gasteiger partial charge >= 0.3 is 0 Å². The van der Waals surface area contributed by atoms with Crippen LogP contribution in [0.15, 0.2) is 52.1 Å². The Kier molecular flexibility index (Phi) is 4.34. The van der Waals surface area contributed by atoms with Crippen LogP contribution >= 0.6 is 0 Å². The van der Waals surface area contributed by atoms with Gasteiger partial charge in [0.2, 0.25) is 11.8 Å². The highest BCUT2D eigenvalue weighted by molar-refractivity contribution is 7.92. The quantitative estimate of drug-likeness (QED) is 0.645. The van der Waals surface area contributed by atoms with E-state index in [2.05, 4.69) is 15.0 Å². The second-order valence-corrected chi connectivity index (χ2v) is 8.00. The van der Waals surface area contributed by atoms with Gasteiger partial charge in [0.25, 0.3) is 10.0 Å². The van der Waals surface area contributed by atoms with Gasteiger partial charge < -0.3 is 4.42 Å².